The van der Waals surface area contributed by atoms with Crippen LogP contribution in [-0.4, -0.2) is 16.5 Å². The van der Waals surface area contributed by atoms with E-state index >= 15 is 0 Å². The quantitative estimate of drug-likeness (QED) is 0.932. The standard InChI is InChI=1S/C16H19N3S/c1-3-17-16-13-9-20-10-14(13)18-15(19-16)8-12-6-4-5-11(2)7-12/h4-7H,3,8-10H2,1-2H3,(H,17,18,19). The largest absolute Gasteiger partial charge is 0.370 e. The van der Waals surface area contributed by atoms with E-state index in [0.29, 0.717) is 0 Å². The molecule has 1 aliphatic rings. The zero-order valence-corrected chi connectivity index (χ0v) is 12.8. The number of aromatic nitrogens is 2. The van der Waals surface area contributed by atoms with Gasteiger partial charge in [-0.3, -0.25) is 0 Å². The summed E-state index contributed by atoms with van der Waals surface area (Å²) >= 11 is 1.92. The highest BCUT2D eigenvalue weighted by molar-refractivity contribution is 7.98. The molecule has 0 saturated carbocycles. The lowest BCUT2D eigenvalue weighted by molar-refractivity contribution is 0.923. The average Bonchev–Trinajstić information content (AvgIpc) is 2.87. The van der Waals surface area contributed by atoms with Crippen LogP contribution in [0.2, 0.25) is 0 Å². The fraction of sp³-hybridized carbons (Fsp3) is 0.375. The number of fused-ring (bicyclic) bond motifs is 1. The van der Waals surface area contributed by atoms with Gasteiger partial charge in [-0.05, 0) is 19.4 Å². The third-order valence-electron chi connectivity index (χ3n) is 3.41. The van der Waals surface area contributed by atoms with Gasteiger partial charge in [0.1, 0.15) is 11.6 Å². The highest BCUT2D eigenvalue weighted by Crippen LogP contribution is 2.32. The van der Waals surface area contributed by atoms with Crippen molar-refractivity contribution < 1.29 is 0 Å². The second kappa shape index (κ2) is 5.83. The minimum Gasteiger partial charge on any atom is -0.370 e. The molecule has 0 unspecified atom stereocenters. The predicted octanol–water partition coefficient (Wildman–Crippen LogP) is 3.55. The minimum atomic E-state index is 0.804. The first kappa shape index (κ1) is 13.4. The summed E-state index contributed by atoms with van der Waals surface area (Å²) in [6, 6.07) is 8.57. The maximum Gasteiger partial charge on any atom is 0.135 e. The Morgan fingerprint density at radius 1 is 1.25 bits per heavy atom. The molecule has 20 heavy (non-hydrogen) atoms. The Kier molecular flexibility index (Phi) is 3.92. The molecule has 0 spiro atoms. The first-order chi connectivity index (χ1) is 9.76. The molecule has 1 aromatic carbocycles. The molecule has 1 aliphatic heterocycles. The van der Waals surface area contributed by atoms with E-state index in [4.69, 9.17) is 9.97 Å². The molecule has 0 saturated heterocycles. The second-order valence-corrected chi connectivity index (χ2v) is 6.09. The smallest absolute Gasteiger partial charge is 0.135 e. The fourth-order valence-corrected chi connectivity index (χ4v) is 3.54. The van der Waals surface area contributed by atoms with Crippen LogP contribution in [0.5, 0.6) is 0 Å². The van der Waals surface area contributed by atoms with Crippen molar-refractivity contribution in [1.29, 1.82) is 0 Å². The van der Waals surface area contributed by atoms with Crippen molar-refractivity contribution in [2.45, 2.75) is 31.8 Å². The van der Waals surface area contributed by atoms with Crippen molar-refractivity contribution in [2.24, 2.45) is 0 Å². The Morgan fingerprint density at radius 3 is 2.95 bits per heavy atom. The summed E-state index contributed by atoms with van der Waals surface area (Å²) in [7, 11) is 0. The van der Waals surface area contributed by atoms with Crippen molar-refractivity contribution in [1.82, 2.24) is 9.97 Å². The molecule has 2 aromatic rings. The van der Waals surface area contributed by atoms with Crippen LogP contribution >= 0.6 is 11.8 Å². The zero-order valence-electron chi connectivity index (χ0n) is 11.9. The van der Waals surface area contributed by atoms with Crippen molar-refractivity contribution in [3.8, 4) is 0 Å². The number of aryl methyl sites for hydroxylation is 1. The number of hydrogen-bond donors (Lipinski definition) is 1. The number of benzene rings is 1. The minimum absolute atomic E-state index is 0.804. The maximum absolute atomic E-state index is 4.75. The highest BCUT2D eigenvalue weighted by atomic mass is 32.2. The van der Waals surface area contributed by atoms with Crippen LogP contribution in [0.15, 0.2) is 24.3 Å². The lowest BCUT2D eigenvalue weighted by Gasteiger charge is -2.10. The van der Waals surface area contributed by atoms with Crippen LogP contribution in [0.3, 0.4) is 0 Å². The number of anilines is 1. The molecule has 1 N–H and O–H groups in total. The molecule has 0 radical (unpaired) electrons. The molecule has 0 bridgehead atoms. The third kappa shape index (κ3) is 2.80. The van der Waals surface area contributed by atoms with Gasteiger partial charge in [-0.25, -0.2) is 9.97 Å². The van der Waals surface area contributed by atoms with Gasteiger partial charge >= 0.3 is 0 Å². The lowest BCUT2D eigenvalue weighted by Crippen LogP contribution is -2.09. The van der Waals surface area contributed by atoms with E-state index in [1.165, 1.54) is 22.4 Å². The maximum atomic E-state index is 4.75. The Balaban J connectivity index is 1.92. The summed E-state index contributed by atoms with van der Waals surface area (Å²) in [6.07, 6.45) is 0.804. The number of thioether (sulfide) groups is 1. The average molecular weight is 285 g/mol. The predicted molar refractivity (Wildman–Crippen MR) is 85.2 cm³/mol. The van der Waals surface area contributed by atoms with Crippen LogP contribution in [0, 0.1) is 6.92 Å². The molecule has 0 aliphatic carbocycles. The van der Waals surface area contributed by atoms with Crippen LogP contribution in [-0.2, 0) is 17.9 Å². The molecule has 1 aromatic heterocycles. The van der Waals surface area contributed by atoms with Crippen molar-refractivity contribution in [3.63, 3.8) is 0 Å². The molecular weight excluding hydrogens is 266 g/mol. The molecule has 2 heterocycles. The van der Waals surface area contributed by atoms with E-state index in [9.17, 15) is 0 Å². The topological polar surface area (TPSA) is 37.8 Å². The Morgan fingerprint density at radius 2 is 2.15 bits per heavy atom. The molecule has 3 nitrogen and oxygen atoms in total. The van der Waals surface area contributed by atoms with Gasteiger partial charge in [0.2, 0.25) is 0 Å². The monoisotopic (exact) mass is 285 g/mol. The van der Waals surface area contributed by atoms with Gasteiger partial charge in [-0.15, -0.1) is 0 Å². The van der Waals surface area contributed by atoms with Crippen LogP contribution in [0.4, 0.5) is 5.82 Å². The summed E-state index contributed by atoms with van der Waals surface area (Å²) in [4.78, 5) is 9.47. The molecule has 0 amide bonds. The number of nitrogens with zero attached hydrogens (tertiary/aromatic N) is 2. The van der Waals surface area contributed by atoms with E-state index < -0.39 is 0 Å². The van der Waals surface area contributed by atoms with Gasteiger partial charge in [0.25, 0.3) is 0 Å². The zero-order chi connectivity index (χ0) is 13.9. The normalized spacial score (nSPS) is 13.3. The van der Waals surface area contributed by atoms with E-state index in [2.05, 4.69) is 43.4 Å². The van der Waals surface area contributed by atoms with Crippen molar-refractivity contribution in [2.75, 3.05) is 11.9 Å². The van der Waals surface area contributed by atoms with Gasteiger partial charge < -0.3 is 5.32 Å². The summed E-state index contributed by atoms with van der Waals surface area (Å²) in [6.45, 7) is 5.13. The van der Waals surface area contributed by atoms with E-state index in [0.717, 1.165) is 36.1 Å². The first-order valence-corrected chi connectivity index (χ1v) is 8.17. The molecular formula is C16H19N3S. The lowest BCUT2D eigenvalue weighted by atomic mass is 10.1. The Bertz CT molecular complexity index is 625. The van der Waals surface area contributed by atoms with Gasteiger partial charge in [-0.1, -0.05) is 29.8 Å². The van der Waals surface area contributed by atoms with E-state index in [1.807, 2.05) is 11.8 Å². The summed E-state index contributed by atoms with van der Waals surface area (Å²) in [5.41, 5.74) is 5.07. The van der Waals surface area contributed by atoms with Crippen LogP contribution < -0.4 is 5.32 Å². The highest BCUT2D eigenvalue weighted by Gasteiger charge is 2.19. The third-order valence-corrected chi connectivity index (χ3v) is 4.38. The fourth-order valence-electron chi connectivity index (χ4n) is 2.50. The molecule has 0 fully saturated rings. The van der Waals surface area contributed by atoms with E-state index in [1.54, 1.807) is 0 Å². The number of nitrogens with one attached hydrogen (secondary N) is 1. The first-order valence-electron chi connectivity index (χ1n) is 7.02. The number of rotatable bonds is 4. The van der Waals surface area contributed by atoms with Gasteiger partial charge in [0, 0.05) is 30.0 Å². The van der Waals surface area contributed by atoms with Crippen LogP contribution in [0.25, 0.3) is 0 Å². The van der Waals surface area contributed by atoms with Crippen molar-refractivity contribution >= 4 is 17.6 Å². The van der Waals surface area contributed by atoms with Crippen LogP contribution in [0.1, 0.15) is 35.1 Å². The molecule has 4 heteroatoms. The Hall–Kier alpha value is -1.55. The Labute approximate surface area is 124 Å². The SMILES string of the molecule is CCNc1nc(Cc2cccc(C)c2)nc2c1CSC2. The van der Waals surface area contributed by atoms with Gasteiger partial charge in [-0.2, -0.15) is 11.8 Å². The molecule has 3 rings (SSSR count). The molecule has 0 atom stereocenters. The molecule has 104 valence electrons. The van der Waals surface area contributed by atoms with Crippen molar-refractivity contribution in [3.05, 3.63) is 52.5 Å². The summed E-state index contributed by atoms with van der Waals surface area (Å²) < 4.78 is 0. The van der Waals surface area contributed by atoms with Gasteiger partial charge in [0.05, 0.1) is 5.69 Å². The second-order valence-electron chi connectivity index (χ2n) is 5.10. The van der Waals surface area contributed by atoms with E-state index in [-0.39, 0.29) is 0 Å². The number of hydrogen-bond acceptors (Lipinski definition) is 4. The summed E-state index contributed by atoms with van der Waals surface area (Å²) in [5.74, 6) is 4.00. The van der Waals surface area contributed by atoms with Gasteiger partial charge in [0.15, 0.2) is 0 Å². The summed E-state index contributed by atoms with van der Waals surface area (Å²) in [5, 5.41) is 3.38.